The standard InChI is InChI=1S/C12H14N2O4/c15-11(6-9-2-1-3-13-7-9)14-4-5-18-8-10(14)12(16)17/h1-3,7,10H,4-6,8H2,(H,16,17). The van der Waals surface area contributed by atoms with E-state index in [0.717, 1.165) is 5.56 Å². The first-order valence-corrected chi connectivity index (χ1v) is 5.67. The van der Waals surface area contributed by atoms with Crippen molar-refractivity contribution >= 4 is 11.9 Å². The highest BCUT2D eigenvalue weighted by atomic mass is 16.5. The molecular weight excluding hydrogens is 236 g/mol. The molecule has 6 nitrogen and oxygen atoms in total. The summed E-state index contributed by atoms with van der Waals surface area (Å²) in [5.41, 5.74) is 0.776. The summed E-state index contributed by atoms with van der Waals surface area (Å²) in [5.74, 6) is -1.24. The fourth-order valence-corrected chi connectivity index (χ4v) is 1.89. The van der Waals surface area contributed by atoms with Gasteiger partial charge in [0, 0.05) is 18.9 Å². The maximum atomic E-state index is 12.1. The minimum Gasteiger partial charge on any atom is -0.480 e. The van der Waals surface area contributed by atoms with Gasteiger partial charge in [-0.1, -0.05) is 6.07 Å². The zero-order valence-electron chi connectivity index (χ0n) is 9.78. The molecule has 1 amide bonds. The summed E-state index contributed by atoms with van der Waals surface area (Å²) in [7, 11) is 0. The molecule has 1 saturated heterocycles. The van der Waals surface area contributed by atoms with E-state index in [-0.39, 0.29) is 18.9 Å². The summed E-state index contributed by atoms with van der Waals surface area (Å²) < 4.78 is 5.09. The summed E-state index contributed by atoms with van der Waals surface area (Å²) in [6, 6.07) is 2.65. The van der Waals surface area contributed by atoms with E-state index < -0.39 is 12.0 Å². The van der Waals surface area contributed by atoms with Crippen LogP contribution in [0.15, 0.2) is 24.5 Å². The molecule has 2 rings (SSSR count). The van der Waals surface area contributed by atoms with Gasteiger partial charge in [-0.05, 0) is 11.6 Å². The van der Waals surface area contributed by atoms with Gasteiger partial charge in [-0.3, -0.25) is 9.78 Å². The van der Waals surface area contributed by atoms with Crippen LogP contribution in [0.5, 0.6) is 0 Å². The second-order valence-corrected chi connectivity index (χ2v) is 4.05. The number of carboxylic acids is 1. The van der Waals surface area contributed by atoms with Crippen molar-refractivity contribution in [3.63, 3.8) is 0 Å². The summed E-state index contributed by atoms with van der Waals surface area (Å²) in [5, 5.41) is 9.04. The van der Waals surface area contributed by atoms with Gasteiger partial charge in [-0.2, -0.15) is 0 Å². The van der Waals surface area contributed by atoms with Crippen LogP contribution < -0.4 is 0 Å². The third-order valence-electron chi connectivity index (χ3n) is 2.81. The molecule has 18 heavy (non-hydrogen) atoms. The number of carbonyl (C=O) groups is 2. The molecule has 0 spiro atoms. The van der Waals surface area contributed by atoms with Crippen LogP contribution in [0.1, 0.15) is 5.56 Å². The molecule has 1 N–H and O–H groups in total. The highest BCUT2D eigenvalue weighted by molar-refractivity contribution is 5.85. The van der Waals surface area contributed by atoms with Gasteiger partial charge in [0.2, 0.25) is 5.91 Å². The molecule has 0 saturated carbocycles. The molecule has 0 radical (unpaired) electrons. The van der Waals surface area contributed by atoms with Crippen molar-refractivity contribution in [3.05, 3.63) is 30.1 Å². The van der Waals surface area contributed by atoms with Gasteiger partial charge >= 0.3 is 5.97 Å². The first kappa shape index (κ1) is 12.5. The van der Waals surface area contributed by atoms with Gasteiger partial charge in [0.05, 0.1) is 19.6 Å². The van der Waals surface area contributed by atoms with Crippen LogP contribution in [-0.4, -0.2) is 52.7 Å². The molecule has 1 aromatic rings. The number of morpholine rings is 1. The molecule has 1 fully saturated rings. The fourth-order valence-electron chi connectivity index (χ4n) is 1.89. The quantitative estimate of drug-likeness (QED) is 0.812. The largest absolute Gasteiger partial charge is 0.480 e. The molecule has 96 valence electrons. The van der Waals surface area contributed by atoms with Gasteiger partial charge in [0.1, 0.15) is 0 Å². The minimum atomic E-state index is -1.03. The first-order valence-electron chi connectivity index (χ1n) is 5.67. The Hall–Kier alpha value is -1.95. The van der Waals surface area contributed by atoms with E-state index in [0.29, 0.717) is 13.2 Å². The summed E-state index contributed by atoms with van der Waals surface area (Å²) >= 11 is 0. The smallest absolute Gasteiger partial charge is 0.328 e. The Morgan fingerprint density at radius 3 is 3.06 bits per heavy atom. The predicted octanol–water partition coefficient (Wildman–Crippen LogP) is -0.0639. The molecule has 1 atom stereocenters. The van der Waals surface area contributed by atoms with Crippen molar-refractivity contribution < 1.29 is 19.4 Å². The number of pyridine rings is 1. The SMILES string of the molecule is O=C(O)C1COCCN1C(=O)Cc1cccnc1. The van der Waals surface area contributed by atoms with Gasteiger partial charge in [0.15, 0.2) is 6.04 Å². The molecule has 0 aliphatic carbocycles. The topological polar surface area (TPSA) is 79.7 Å². The van der Waals surface area contributed by atoms with E-state index in [2.05, 4.69) is 4.98 Å². The lowest BCUT2D eigenvalue weighted by molar-refractivity contribution is -0.158. The van der Waals surface area contributed by atoms with Gasteiger partial charge < -0.3 is 14.7 Å². The number of hydrogen-bond acceptors (Lipinski definition) is 4. The van der Waals surface area contributed by atoms with E-state index in [4.69, 9.17) is 9.84 Å². The molecular formula is C12H14N2O4. The number of carboxylic acid groups (broad SMARTS) is 1. The second kappa shape index (κ2) is 5.59. The van der Waals surface area contributed by atoms with Crippen molar-refractivity contribution in [1.29, 1.82) is 0 Å². The normalized spacial score (nSPS) is 19.6. The van der Waals surface area contributed by atoms with E-state index >= 15 is 0 Å². The Balaban J connectivity index is 2.05. The van der Waals surface area contributed by atoms with Crippen LogP contribution in [-0.2, 0) is 20.7 Å². The molecule has 0 bridgehead atoms. The van der Waals surface area contributed by atoms with Crippen LogP contribution in [0.4, 0.5) is 0 Å². The van der Waals surface area contributed by atoms with Crippen molar-refractivity contribution in [2.24, 2.45) is 0 Å². The lowest BCUT2D eigenvalue weighted by atomic mass is 10.1. The average molecular weight is 250 g/mol. The number of carbonyl (C=O) groups excluding carboxylic acids is 1. The number of nitrogens with zero attached hydrogens (tertiary/aromatic N) is 2. The number of ether oxygens (including phenoxy) is 1. The maximum absolute atomic E-state index is 12.1. The molecule has 1 unspecified atom stereocenters. The molecule has 2 heterocycles. The predicted molar refractivity (Wildman–Crippen MR) is 61.9 cm³/mol. The van der Waals surface area contributed by atoms with Crippen molar-refractivity contribution in [3.8, 4) is 0 Å². The maximum Gasteiger partial charge on any atom is 0.328 e. The van der Waals surface area contributed by atoms with E-state index in [1.807, 2.05) is 0 Å². The Morgan fingerprint density at radius 2 is 2.39 bits per heavy atom. The number of amides is 1. The Bertz CT molecular complexity index is 435. The Kier molecular flexibility index (Phi) is 3.88. The fraction of sp³-hybridized carbons (Fsp3) is 0.417. The summed E-state index contributed by atoms with van der Waals surface area (Å²) in [4.78, 5) is 28.4. The van der Waals surface area contributed by atoms with Crippen molar-refractivity contribution in [1.82, 2.24) is 9.88 Å². The third-order valence-corrected chi connectivity index (χ3v) is 2.81. The first-order chi connectivity index (χ1) is 8.68. The summed E-state index contributed by atoms with van der Waals surface area (Å²) in [6.45, 7) is 0.743. The van der Waals surface area contributed by atoms with Crippen molar-refractivity contribution in [2.45, 2.75) is 12.5 Å². The highest BCUT2D eigenvalue weighted by Gasteiger charge is 2.32. The van der Waals surface area contributed by atoms with Crippen LogP contribution in [0.2, 0.25) is 0 Å². The van der Waals surface area contributed by atoms with E-state index in [1.54, 1.807) is 24.5 Å². The molecule has 0 aromatic carbocycles. The number of aliphatic carboxylic acids is 1. The van der Waals surface area contributed by atoms with E-state index in [9.17, 15) is 9.59 Å². The van der Waals surface area contributed by atoms with Gasteiger partial charge in [0.25, 0.3) is 0 Å². The third kappa shape index (κ3) is 2.84. The van der Waals surface area contributed by atoms with Crippen LogP contribution >= 0.6 is 0 Å². The number of aromatic nitrogens is 1. The van der Waals surface area contributed by atoms with Crippen molar-refractivity contribution in [2.75, 3.05) is 19.8 Å². The Morgan fingerprint density at radius 1 is 1.56 bits per heavy atom. The van der Waals surface area contributed by atoms with Crippen LogP contribution in [0.25, 0.3) is 0 Å². The lowest BCUT2D eigenvalue weighted by Crippen LogP contribution is -2.53. The minimum absolute atomic E-state index is 0.0497. The lowest BCUT2D eigenvalue weighted by Gasteiger charge is -2.32. The van der Waals surface area contributed by atoms with Crippen LogP contribution in [0.3, 0.4) is 0 Å². The zero-order valence-corrected chi connectivity index (χ0v) is 9.78. The molecule has 1 aliphatic rings. The van der Waals surface area contributed by atoms with Gasteiger partial charge in [-0.15, -0.1) is 0 Å². The monoisotopic (exact) mass is 250 g/mol. The molecule has 6 heteroatoms. The second-order valence-electron chi connectivity index (χ2n) is 4.05. The molecule has 1 aromatic heterocycles. The number of rotatable bonds is 3. The van der Waals surface area contributed by atoms with Crippen LogP contribution in [0, 0.1) is 0 Å². The van der Waals surface area contributed by atoms with E-state index in [1.165, 1.54) is 4.90 Å². The zero-order chi connectivity index (χ0) is 13.0. The molecule has 1 aliphatic heterocycles. The Labute approximate surface area is 104 Å². The average Bonchev–Trinajstić information content (AvgIpc) is 2.40. The van der Waals surface area contributed by atoms with Gasteiger partial charge in [-0.25, -0.2) is 4.79 Å². The highest BCUT2D eigenvalue weighted by Crippen LogP contribution is 2.10. The number of hydrogen-bond donors (Lipinski definition) is 1. The summed E-state index contributed by atoms with van der Waals surface area (Å²) in [6.07, 6.45) is 3.40.